The standard InChI is InChI=1S/C17H23BrO3/c18-14-11-16-15(20-8-5-9-21-16)10-13(14)17(19)12-6-3-1-2-4-7-12/h10-12,17,19H,1-9H2. The summed E-state index contributed by atoms with van der Waals surface area (Å²) in [5.74, 6) is 1.89. The highest BCUT2D eigenvalue weighted by molar-refractivity contribution is 9.10. The highest BCUT2D eigenvalue weighted by atomic mass is 79.9. The van der Waals surface area contributed by atoms with E-state index in [-0.39, 0.29) is 0 Å². The second kappa shape index (κ2) is 7.01. The Bertz CT molecular complexity index is 481. The third-order valence-corrected chi connectivity index (χ3v) is 5.22. The van der Waals surface area contributed by atoms with Gasteiger partial charge < -0.3 is 14.6 Å². The molecule has 4 heteroatoms. The van der Waals surface area contributed by atoms with Crippen molar-refractivity contribution in [2.45, 2.75) is 51.0 Å². The first kappa shape index (κ1) is 15.2. The summed E-state index contributed by atoms with van der Waals surface area (Å²) in [7, 11) is 0. The van der Waals surface area contributed by atoms with Gasteiger partial charge in [-0.05, 0) is 36.5 Å². The van der Waals surface area contributed by atoms with Gasteiger partial charge >= 0.3 is 0 Å². The SMILES string of the molecule is OC(c1cc2c(cc1Br)OCCCO2)C1CCCCCC1. The maximum Gasteiger partial charge on any atom is 0.162 e. The molecular formula is C17H23BrO3. The summed E-state index contributed by atoms with van der Waals surface area (Å²) in [5, 5.41) is 10.8. The average molecular weight is 355 g/mol. The summed E-state index contributed by atoms with van der Waals surface area (Å²) in [6.45, 7) is 1.36. The number of aliphatic hydroxyl groups is 1. The highest BCUT2D eigenvalue weighted by Crippen LogP contribution is 2.41. The lowest BCUT2D eigenvalue weighted by molar-refractivity contribution is 0.0978. The van der Waals surface area contributed by atoms with Crippen LogP contribution in [0.25, 0.3) is 0 Å². The van der Waals surface area contributed by atoms with E-state index in [1.54, 1.807) is 0 Å². The molecule has 0 aromatic heterocycles. The Hall–Kier alpha value is -0.740. The van der Waals surface area contributed by atoms with Gasteiger partial charge in [0.2, 0.25) is 0 Å². The van der Waals surface area contributed by atoms with Gasteiger partial charge in [0, 0.05) is 10.9 Å². The molecular weight excluding hydrogens is 332 g/mol. The smallest absolute Gasteiger partial charge is 0.162 e. The molecule has 0 saturated heterocycles. The van der Waals surface area contributed by atoms with E-state index < -0.39 is 6.10 Å². The van der Waals surface area contributed by atoms with Crippen molar-refractivity contribution in [3.63, 3.8) is 0 Å². The van der Waals surface area contributed by atoms with Gasteiger partial charge in [0.1, 0.15) is 0 Å². The molecule has 116 valence electrons. The summed E-state index contributed by atoms with van der Waals surface area (Å²) >= 11 is 3.59. The Kier molecular flexibility index (Phi) is 5.07. The number of hydrogen-bond acceptors (Lipinski definition) is 3. The lowest BCUT2D eigenvalue weighted by Gasteiger charge is -2.23. The van der Waals surface area contributed by atoms with Gasteiger partial charge in [-0.25, -0.2) is 0 Å². The normalized spacial score (nSPS) is 21.4. The summed E-state index contributed by atoms with van der Waals surface area (Å²) in [6.07, 6.45) is 7.75. The van der Waals surface area contributed by atoms with Gasteiger partial charge in [0.15, 0.2) is 11.5 Å². The molecule has 1 saturated carbocycles. The van der Waals surface area contributed by atoms with E-state index in [0.717, 1.165) is 40.8 Å². The Morgan fingerprint density at radius 2 is 1.57 bits per heavy atom. The molecule has 3 nitrogen and oxygen atoms in total. The van der Waals surface area contributed by atoms with Crippen LogP contribution in [0.3, 0.4) is 0 Å². The van der Waals surface area contributed by atoms with Crippen LogP contribution in [0.1, 0.15) is 56.6 Å². The molecule has 1 fully saturated rings. The molecule has 1 N–H and O–H groups in total. The van der Waals surface area contributed by atoms with Crippen LogP contribution in [-0.2, 0) is 0 Å². The number of fused-ring (bicyclic) bond motifs is 1. The number of rotatable bonds is 2. The maximum absolute atomic E-state index is 10.8. The Labute approximate surface area is 134 Å². The van der Waals surface area contributed by atoms with Crippen LogP contribution in [0.4, 0.5) is 0 Å². The topological polar surface area (TPSA) is 38.7 Å². The lowest BCUT2D eigenvalue weighted by atomic mass is 9.89. The molecule has 0 spiro atoms. The molecule has 2 aliphatic rings. The van der Waals surface area contributed by atoms with Gasteiger partial charge in [-0.2, -0.15) is 0 Å². The summed E-state index contributed by atoms with van der Waals surface area (Å²) in [5.41, 5.74) is 0.936. The predicted octanol–water partition coefficient (Wildman–Crippen LogP) is 4.61. The molecule has 1 unspecified atom stereocenters. The van der Waals surface area contributed by atoms with E-state index in [0.29, 0.717) is 19.1 Å². The third kappa shape index (κ3) is 3.54. The van der Waals surface area contributed by atoms with E-state index in [1.165, 1.54) is 25.7 Å². The molecule has 1 aromatic carbocycles. The molecule has 21 heavy (non-hydrogen) atoms. The summed E-state index contributed by atoms with van der Waals surface area (Å²) in [6, 6.07) is 3.90. The van der Waals surface area contributed by atoms with Crippen LogP contribution in [0.5, 0.6) is 11.5 Å². The number of hydrogen-bond donors (Lipinski definition) is 1. The van der Waals surface area contributed by atoms with Crippen molar-refractivity contribution >= 4 is 15.9 Å². The zero-order valence-corrected chi connectivity index (χ0v) is 13.9. The predicted molar refractivity (Wildman–Crippen MR) is 85.9 cm³/mol. The van der Waals surface area contributed by atoms with Gasteiger partial charge in [-0.3, -0.25) is 0 Å². The van der Waals surface area contributed by atoms with Crippen LogP contribution >= 0.6 is 15.9 Å². The van der Waals surface area contributed by atoms with Crippen molar-refractivity contribution in [3.8, 4) is 11.5 Å². The zero-order chi connectivity index (χ0) is 14.7. The summed E-state index contributed by atoms with van der Waals surface area (Å²) < 4.78 is 12.4. The fourth-order valence-electron chi connectivity index (χ4n) is 3.31. The van der Waals surface area contributed by atoms with Crippen LogP contribution in [0.15, 0.2) is 16.6 Å². The largest absolute Gasteiger partial charge is 0.490 e. The molecule has 1 heterocycles. The molecule has 0 amide bonds. The first-order chi connectivity index (χ1) is 10.3. The highest BCUT2D eigenvalue weighted by Gasteiger charge is 2.25. The first-order valence-corrected chi connectivity index (χ1v) is 8.82. The van der Waals surface area contributed by atoms with Gasteiger partial charge in [0.05, 0.1) is 19.3 Å². The molecule has 1 atom stereocenters. The van der Waals surface area contributed by atoms with Gasteiger partial charge in [0.25, 0.3) is 0 Å². The van der Waals surface area contributed by atoms with E-state index >= 15 is 0 Å². The van der Waals surface area contributed by atoms with E-state index in [2.05, 4.69) is 15.9 Å². The second-order valence-electron chi connectivity index (χ2n) is 6.07. The minimum Gasteiger partial charge on any atom is -0.490 e. The van der Waals surface area contributed by atoms with Crippen LogP contribution in [-0.4, -0.2) is 18.3 Å². The van der Waals surface area contributed by atoms with Crippen molar-refractivity contribution in [1.29, 1.82) is 0 Å². The number of ether oxygens (including phenoxy) is 2. The second-order valence-corrected chi connectivity index (χ2v) is 6.92. The number of benzene rings is 1. The van der Waals surface area contributed by atoms with Gasteiger partial charge in [-0.15, -0.1) is 0 Å². The Morgan fingerprint density at radius 1 is 0.952 bits per heavy atom. The average Bonchev–Trinajstić information content (AvgIpc) is 2.88. The minimum absolute atomic E-state index is 0.355. The van der Waals surface area contributed by atoms with Crippen molar-refractivity contribution < 1.29 is 14.6 Å². The molecule has 0 bridgehead atoms. The fraction of sp³-hybridized carbons (Fsp3) is 0.647. The third-order valence-electron chi connectivity index (χ3n) is 4.53. The zero-order valence-electron chi connectivity index (χ0n) is 12.3. The minimum atomic E-state index is -0.422. The molecule has 1 aliphatic carbocycles. The quantitative estimate of drug-likeness (QED) is 0.787. The van der Waals surface area contributed by atoms with E-state index in [4.69, 9.17) is 9.47 Å². The van der Waals surface area contributed by atoms with Gasteiger partial charge in [-0.1, -0.05) is 41.6 Å². The Morgan fingerprint density at radius 3 is 2.24 bits per heavy atom. The maximum atomic E-state index is 10.8. The molecule has 1 aliphatic heterocycles. The van der Waals surface area contributed by atoms with Crippen molar-refractivity contribution in [1.82, 2.24) is 0 Å². The van der Waals surface area contributed by atoms with Crippen LogP contribution in [0, 0.1) is 5.92 Å². The molecule has 1 aromatic rings. The number of aliphatic hydroxyl groups excluding tert-OH is 1. The van der Waals surface area contributed by atoms with E-state index in [1.807, 2.05) is 12.1 Å². The Balaban J connectivity index is 1.84. The fourth-order valence-corrected chi connectivity index (χ4v) is 3.86. The first-order valence-electron chi connectivity index (χ1n) is 8.03. The summed E-state index contributed by atoms with van der Waals surface area (Å²) in [4.78, 5) is 0. The van der Waals surface area contributed by atoms with Crippen molar-refractivity contribution in [2.75, 3.05) is 13.2 Å². The lowest BCUT2D eigenvalue weighted by Crippen LogP contribution is -2.13. The van der Waals surface area contributed by atoms with Crippen LogP contribution < -0.4 is 9.47 Å². The monoisotopic (exact) mass is 354 g/mol. The number of halogens is 1. The van der Waals surface area contributed by atoms with Crippen LogP contribution in [0.2, 0.25) is 0 Å². The molecule has 0 radical (unpaired) electrons. The van der Waals surface area contributed by atoms with Crippen molar-refractivity contribution in [2.24, 2.45) is 5.92 Å². The van der Waals surface area contributed by atoms with Crippen molar-refractivity contribution in [3.05, 3.63) is 22.2 Å². The van der Waals surface area contributed by atoms with E-state index in [9.17, 15) is 5.11 Å². The molecule has 3 rings (SSSR count).